The lowest BCUT2D eigenvalue weighted by atomic mass is 9.81. The van der Waals surface area contributed by atoms with E-state index in [-0.39, 0.29) is 24.9 Å². The molecule has 1 rings (SSSR count). The molecule has 1 fully saturated rings. The Labute approximate surface area is 179 Å². The van der Waals surface area contributed by atoms with E-state index in [1.54, 1.807) is 27.7 Å². The molecular formula is C21H38N2O7. The molecule has 9 heteroatoms. The summed E-state index contributed by atoms with van der Waals surface area (Å²) in [4.78, 5) is 36.1. The summed E-state index contributed by atoms with van der Waals surface area (Å²) in [6, 6.07) is -0.977. The van der Waals surface area contributed by atoms with E-state index in [1.165, 1.54) is 6.92 Å². The zero-order chi connectivity index (χ0) is 23.1. The van der Waals surface area contributed by atoms with Crippen LogP contribution in [0.3, 0.4) is 0 Å². The number of carbonyl (C=O) groups is 3. The predicted molar refractivity (Wildman–Crippen MR) is 111 cm³/mol. The van der Waals surface area contributed by atoms with Crippen LogP contribution in [0.25, 0.3) is 0 Å². The van der Waals surface area contributed by atoms with Crippen LogP contribution < -0.4 is 10.6 Å². The van der Waals surface area contributed by atoms with Crippen molar-refractivity contribution in [3.05, 3.63) is 0 Å². The highest BCUT2D eigenvalue weighted by molar-refractivity contribution is 5.73. The summed E-state index contributed by atoms with van der Waals surface area (Å²) in [5.74, 6) is -0.728. The summed E-state index contributed by atoms with van der Waals surface area (Å²) in [6.07, 6.45) is -1.75. The molecule has 3 N–H and O–H groups in total. The second-order valence-corrected chi connectivity index (χ2v) is 8.70. The highest BCUT2D eigenvalue weighted by atomic mass is 16.7. The maximum atomic E-state index is 12.4. The van der Waals surface area contributed by atoms with Gasteiger partial charge in [0.15, 0.2) is 0 Å². The van der Waals surface area contributed by atoms with Crippen LogP contribution in [0.5, 0.6) is 0 Å². The maximum absolute atomic E-state index is 12.4. The molecule has 9 nitrogen and oxygen atoms in total. The Morgan fingerprint density at radius 3 is 2.20 bits per heavy atom. The van der Waals surface area contributed by atoms with Gasteiger partial charge in [-0.15, -0.1) is 0 Å². The fourth-order valence-electron chi connectivity index (χ4n) is 4.06. The smallest absolute Gasteiger partial charge is 0.444 e. The van der Waals surface area contributed by atoms with Crippen molar-refractivity contribution >= 4 is 18.2 Å². The Morgan fingerprint density at radius 2 is 1.73 bits per heavy atom. The summed E-state index contributed by atoms with van der Waals surface area (Å²) in [5, 5.41) is 16.8. The lowest BCUT2D eigenvalue weighted by Gasteiger charge is -2.36. The van der Waals surface area contributed by atoms with E-state index in [9.17, 15) is 19.5 Å². The highest BCUT2D eigenvalue weighted by Crippen LogP contribution is 2.36. The number of aliphatic hydroxyl groups excluding tert-OH is 1. The zero-order valence-electron chi connectivity index (χ0n) is 19.2. The van der Waals surface area contributed by atoms with Crippen molar-refractivity contribution in [3.63, 3.8) is 0 Å². The molecule has 0 aromatic carbocycles. The van der Waals surface area contributed by atoms with Gasteiger partial charge in [0.25, 0.3) is 0 Å². The minimum atomic E-state index is -1.09. The second kappa shape index (κ2) is 11.4. The van der Waals surface area contributed by atoms with E-state index in [1.807, 2.05) is 13.8 Å². The molecule has 0 heterocycles. The number of hydrogen-bond acceptors (Lipinski definition) is 7. The lowest BCUT2D eigenvalue weighted by molar-refractivity contribution is -0.121. The summed E-state index contributed by atoms with van der Waals surface area (Å²) >= 11 is 0. The quantitative estimate of drug-likeness (QED) is 0.506. The molecule has 1 aliphatic rings. The van der Waals surface area contributed by atoms with E-state index in [2.05, 4.69) is 10.6 Å². The Bertz CT molecular complexity index is 586. The van der Waals surface area contributed by atoms with Crippen LogP contribution in [-0.2, 0) is 19.0 Å². The maximum Gasteiger partial charge on any atom is 0.508 e. The Hall–Kier alpha value is -2.03. The minimum absolute atomic E-state index is 0.0674. The number of ether oxygens (including phenoxy) is 3. The summed E-state index contributed by atoms with van der Waals surface area (Å²) in [5.41, 5.74) is -0.690. The van der Waals surface area contributed by atoms with Gasteiger partial charge in [-0.25, -0.2) is 9.59 Å². The molecule has 0 aromatic heterocycles. The first-order valence-corrected chi connectivity index (χ1v) is 10.7. The molecule has 0 spiro atoms. The number of hydrogen-bond donors (Lipinski definition) is 3. The van der Waals surface area contributed by atoms with Crippen molar-refractivity contribution in [2.75, 3.05) is 6.61 Å². The van der Waals surface area contributed by atoms with Crippen molar-refractivity contribution in [3.8, 4) is 0 Å². The molecule has 5 atom stereocenters. The average Bonchev–Trinajstić information content (AvgIpc) is 2.88. The first-order chi connectivity index (χ1) is 13.9. The van der Waals surface area contributed by atoms with Gasteiger partial charge < -0.3 is 30.0 Å². The molecule has 1 aliphatic carbocycles. The first kappa shape index (κ1) is 26.0. The lowest BCUT2D eigenvalue weighted by Crippen LogP contribution is -2.54. The predicted octanol–water partition coefficient (Wildman–Crippen LogP) is 2.74. The van der Waals surface area contributed by atoms with E-state index in [4.69, 9.17) is 14.2 Å². The molecule has 0 saturated heterocycles. The van der Waals surface area contributed by atoms with Gasteiger partial charge in [0.1, 0.15) is 11.7 Å². The number of amides is 2. The number of rotatable bonds is 8. The molecule has 0 aromatic rings. The molecular weight excluding hydrogens is 392 g/mol. The average molecular weight is 431 g/mol. The van der Waals surface area contributed by atoms with Gasteiger partial charge in [-0.3, -0.25) is 4.79 Å². The molecule has 1 saturated carbocycles. The van der Waals surface area contributed by atoms with Crippen LogP contribution >= 0.6 is 0 Å². The van der Waals surface area contributed by atoms with Gasteiger partial charge in [-0.05, 0) is 33.6 Å². The molecule has 0 radical (unpaired) electrons. The molecule has 1 unspecified atom stereocenters. The molecule has 30 heavy (non-hydrogen) atoms. The van der Waals surface area contributed by atoms with Crippen LogP contribution in [0.1, 0.15) is 67.7 Å². The van der Waals surface area contributed by atoms with E-state index in [0.29, 0.717) is 0 Å². The number of alkyl carbamates (subject to hydrolysis) is 1. The Morgan fingerprint density at radius 1 is 1.13 bits per heavy atom. The fourth-order valence-corrected chi connectivity index (χ4v) is 4.06. The molecule has 174 valence electrons. The van der Waals surface area contributed by atoms with Crippen LogP contribution in [0, 0.1) is 11.8 Å². The largest absolute Gasteiger partial charge is 0.508 e. The van der Waals surface area contributed by atoms with Crippen molar-refractivity contribution in [2.24, 2.45) is 11.8 Å². The van der Waals surface area contributed by atoms with Gasteiger partial charge in [0, 0.05) is 31.3 Å². The Balaban J connectivity index is 3.17. The normalized spacial score (nSPS) is 24.8. The van der Waals surface area contributed by atoms with Gasteiger partial charge in [0.05, 0.1) is 12.7 Å². The minimum Gasteiger partial charge on any atom is -0.444 e. The van der Waals surface area contributed by atoms with Crippen molar-refractivity contribution in [2.45, 2.75) is 97.6 Å². The van der Waals surface area contributed by atoms with Crippen molar-refractivity contribution in [1.29, 1.82) is 0 Å². The van der Waals surface area contributed by atoms with E-state index in [0.717, 1.165) is 12.8 Å². The Kier molecular flexibility index (Phi) is 9.87. The van der Waals surface area contributed by atoms with Crippen molar-refractivity contribution < 1.29 is 33.7 Å². The van der Waals surface area contributed by atoms with E-state index < -0.39 is 48.1 Å². The number of nitrogens with one attached hydrogen (secondary N) is 2. The highest BCUT2D eigenvalue weighted by Gasteiger charge is 2.50. The zero-order valence-corrected chi connectivity index (χ0v) is 19.2. The topological polar surface area (TPSA) is 123 Å². The third kappa shape index (κ3) is 7.66. The summed E-state index contributed by atoms with van der Waals surface area (Å²) in [7, 11) is 0. The third-order valence-electron chi connectivity index (χ3n) is 5.28. The van der Waals surface area contributed by atoms with Crippen LogP contribution in [0.15, 0.2) is 0 Å². The van der Waals surface area contributed by atoms with Gasteiger partial charge in [-0.1, -0.05) is 26.7 Å². The number of aliphatic hydroxyl groups is 1. The molecule has 0 aliphatic heterocycles. The monoisotopic (exact) mass is 430 g/mol. The van der Waals surface area contributed by atoms with Crippen LogP contribution in [0.2, 0.25) is 0 Å². The van der Waals surface area contributed by atoms with Crippen molar-refractivity contribution in [1.82, 2.24) is 10.6 Å². The van der Waals surface area contributed by atoms with Crippen LogP contribution in [0.4, 0.5) is 9.59 Å². The first-order valence-electron chi connectivity index (χ1n) is 10.7. The molecule has 2 amide bonds. The van der Waals surface area contributed by atoms with Crippen LogP contribution in [-0.4, -0.2) is 59.8 Å². The standard InChI is InChI=1S/C21H38N2O7/c1-8-13(9-2)17(22-12(4)24)16-14(23-19(26)30-21(5,6)7)11-15(18(16)25)29-20(27)28-10-3/h13-18,25H,8-11H2,1-7H3,(H,22,24)(H,23,26)/t14-,15-,16+,17?,18+/m1/s1. The van der Waals surface area contributed by atoms with E-state index >= 15 is 0 Å². The summed E-state index contributed by atoms with van der Waals surface area (Å²) < 4.78 is 15.5. The third-order valence-corrected chi connectivity index (χ3v) is 5.28. The molecule has 0 bridgehead atoms. The van der Waals surface area contributed by atoms with Gasteiger partial charge in [0.2, 0.25) is 5.91 Å². The van der Waals surface area contributed by atoms with Gasteiger partial charge >= 0.3 is 12.2 Å². The van der Waals surface area contributed by atoms with Gasteiger partial charge in [-0.2, -0.15) is 0 Å². The SMILES string of the molecule is CCOC(=O)O[C@@H]1C[C@@H](NC(=O)OC(C)(C)C)[C@@H](C(NC(C)=O)C(CC)CC)[C@H]1O. The summed E-state index contributed by atoms with van der Waals surface area (Å²) in [6.45, 7) is 12.5. The second-order valence-electron chi connectivity index (χ2n) is 8.70. The fraction of sp³-hybridized carbons (Fsp3) is 0.857. The number of carbonyl (C=O) groups excluding carboxylic acids is 3.